The molecule has 0 unspecified atom stereocenters. The maximum atomic E-state index is 11.2. The van der Waals surface area contributed by atoms with Crippen molar-refractivity contribution in [3.8, 4) is 5.69 Å². The van der Waals surface area contributed by atoms with Crippen molar-refractivity contribution in [2.75, 3.05) is 12.9 Å². The lowest BCUT2D eigenvalue weighted by Gasteiger charge is -2.09. The van der Waals surface area contributed by atoms with E-state index in [2.05, 4.69) is 27.9 Å². The monoisotopic (exact) mass is 277 g/mol. The highest BCUT2D eigenvalue weighted by atomic mass is 32.2. The van der Waals surface area contributed by atoms with Crippen molar-refractivity contribution >= 4 is 17.7 Å². The van der Waals surface area contributed by atoms with Gasteiger partial charge >= 0.3 is 5.97 Å². The molecular weight excluding hydrogens is 262 g/mol. The first kappa shape index (κ1) is 13.6. The highest BCUT2D eigenvalue weighted by Crippen LogP contribution is 2.22. The molecule has 0 amide bonds. The predicted molar refractivity (Wildman–Crippen MR) is 73.6 cm³/mol. The molecule has 0 N–H and O–H groups in total. The van der Waals surface area contributed by atoms with Crippen molar-refractivity contribution < 1.29 is 9.53 Å². The Kier molecular flexibility index (Phi) is 4.21. The number of carbonyl (C=O) groups excluding carboxylic acids is 1. The molecule has 19 heavy (non-hydrogen) atoms. The number of ether oxygens (including phenoxy) is 1. The van der Waals surface area contributed by atoms with Crippen molar-refractivity contribution in [2.45, 2.75) is 19.0 Å². The number of aryl methyl sites for hydroxylation is 2. The van der Waals surface area contributed by atoms with Crippen LogP contribution in [-0.2, 0) is 9.53 Å². The first-order valence-corrected chi connectivity index (χ1v) is 6.77. The number of methoxy groups -OCH3 is 1. The number of hydrogen-bond acceptors (Lipinski definition) is 5. The Morgan fingerprint density at radius 3 is 2.89 bits per heavy atom. The molecule has 6 heteroatoms. The summed E-state index contributed by atoms with van der Waals surface area (Å²) in [5.41, 5.74) is 3.36. The van der Waals surface area contributed by atoms with Crippen molar-refractivity contribution in [2.24, 2.45) is 0 Å². The van der Waals surface area contributed by atoms with Crippen LogP contribution in [0.3, 0.4) is 0 Å². The zero-order valence-corrected chi connectivity index (χ0v) is 11.9. The van der Waals surface area contributed by atoms with E-state index in [1.807, 2.05) is 23.6 Å². The number of carbonyl (C=O) groups is 1. The number of benzene rings is 1. The Morgan fingerprint density at radius 2 is 2.21 bits per heavy atom. The van der Waals surface area contributed by atoms with Gasteiger partial charge in [-0.15, -0.1) is 10.2 Å². The lowest BCUT2D eigenvalue weighted by Crippen LogP contribution is -2.05. The van der Waals surface area contributed by atoms with Crippen LogP contribution in [0.15, 0.2) is 29.7 Å². The zero-order chi connectivity index (χ0) is 13.8. The number of rotatable bonds is 4. The highest BCUT2D eigenvalue weighted by molar-refractivity contribution is 7.99. The van der Waals surface area contributed by atoms with Crippen molar-refractivity contribution in [1.29, 1.82) is 0 Å². The fourth-order valence-corrected chi connectivity index (χ4v) is 2.50. The summed E-state index contributed by atoms with van der Waals surface area (Å²) in [6.45, 7) is 4.09. The topological polar surface area (TPSA) is 57.0 Å². The maximum absolute atomic E-state index is 11.2. The van der Waals surface area contributed by atoms with E-state index >= 15 is 0 Å². The van der Waals surface area contributed by atoms with Crippen LogP contribution in [0.5, 0.6) is 0 Å². The van der Waals surface area contributed by atoms with Crippen LogP contribution in [0.1, 0.15) is 11.1 Å². The summed E-state index contributed by atoms with van der Waals surface area (Å²) in [5.74, 6) is -0.0553. The molecule has 0 aliphatic carbocycles. The molecule has 2 aromatic rings. The van der Waals surface area contributed by atoms with Gasteiger partial charge in [-0.25, -0.2) is 0 Å². The molecule has 1 aromatic carbocycles. The van der Waals surface area contributed by atoms with Crippen LogP contribution in [0.2, 0.25) is 0 Å². The summed E-state index contributed by atoms with van der Waals surface area (Å²) in [6, 6.07) is 6.16. The van der Waals surface area contributed by atoms with Crippen LogP contribution in [0.4, 0.5) is 0 Å². The molecule has 5 nitrogen and oxygen atoms in total. The van der Waals surface area contributed by atoms with Gasteiger partial charge in [-0.05, 0) is 25.5 Å². The number of esters is 1. The van der Waals surface area contributed by atoms with Crippen LogP contribution in [0.25, 0.3) is 5.69 Å². The Balaban J connectivity index is 2.26. The van der Waals surface area contributed by atoms with Crippen LogP contribution in [-0.4, -0.2) is 33.6 Å². The van der Waals surface area contributed by atoms with Gasteiger partial charge in [-0.3, -0.25) is 9.36 Å². The summed E-state index contributed by atoms with van der Waals surface area (Å²) < 4.78 is 6.49. The highest BCUT2D eigenvalue weighted by Gasteiger charge is 2.11. The van der Waals surface area contributed by atoms with E-state index in [1.165, 1.54) is 24.4 Å². The summed E-state index contributed by atoms with van der Waals surface area (Å²) >= 11 is 1.31. The van der Waals surface area contributed by atoms with Crippen molar-refractivity contribution in [3.63, 3.8) is 0 Å². The number of thioether (sulfide) groups is 1. The largest absolute Gasteiger partial charge is 0.468 e. The van der Waals surface area contributed by atoms with Gasteiger partial charge < -0.3 is 4.74 Å². The molecule has 0 saturated heterocycles. The van der Waals surface area contributed by atoms with Crippen LogP contribution >= 0.6 is 11.8 Å². The standard InChI is InChI=1S/C13H15N3O2S/c1-9-4-5-11(10(2)6-9)16-8-14-15-13(16)19-7-12(17)18-3/h4-6,8H,7H2,1-3H3. The quantitative estimate of drug-likeness (QED) is 0.633. The molecule has 0 saturated carbocycles. The Labute approximate surface area is 116 Å². The molecule has 0 aliphatic rings. The average Bonchev–Trinajstić information content (AvgIpc) is 2.84. The molecule has 1 aromatic heterocycles. The molecule has 0 bridgehead atoms. The van der Waals surface area contributed by atoms with E-state index < -0.39 is 0 Å². The van der Waals surface area contributed by atoms with E-state index in [0.29, 0.717) is 5.16 Å². The van der Waals surface area contributed by atoms with E-state index in [4.69, 9.17) is 0 Å². The lowest BCUT2D eigenvalue weighted by molar-refractivity contribution is -0.137. The minimum atomic E-state index is -0.278. The predicted octanol–water partition coefficient (Wildman–Crippen LogP) is 2.15. The van der Waals surface area contributed by atoms with Gasteiger partial charge in [0.15, 0.2) is 5.16 Å². The van der Waals surface area contributed by atoms with Gasteiger partial charge in [0.1, 0.15) is 6.33 Å². The summed E-state index contributed by atoms with van der Waals surface area (Å²) in [6.07, 6.45) is 1.65. The fourth-order valence-electron chi connectivity index (χ4n) is 1.75. The van der Waals surface area contributed by atoms with Gasteiger partial charge in [-0.2, -0.15) is 0 Å². The summed E-state index contributed by atoms with van der Waals surface area (Å²) in [5, 5.41) is 8.61. The molecule has 0 fully saturated rings. The van der Waals surface area contributed by atoms with E-state index in [-0.39, 0.29) is 11.7 Å². The normalized spacial score (nSPS) is 10.5. The van der Waals surface area contributed by atoms with Gasteiger partial charge in [-0.1, -0.05) is 29.5 Å². The second kappa shape index (κ2) is 5.88. The maximum Gasteiger partial charge on any atom is 0.316 e. The smallest absolute Gasteiger partial charge is 0.316 e. The molecule has 1 heterocycles. The molecule has 0 atom stereocenters. The molecule has 0 aliphatic heterocycles. The number of hydrogen-bond donors (Lipinski definition) is 0. The second-order valence-electron chi connectivity index (χ2n) is 4.14. The minimum absolute atomic E-state index is 0.222. The third-order valence-electron chi connectivity index (χ3n) is 2.68. The average molecular weight is 277 g/mol. The van der Waals surface area contributed by atoms with E-state index in [1.54, 1.807) is 6.33 Å². The summed E-state index contributed by atoms with van der Waals surface area (Å²) in [7, 11) is 1.37. The van der Waals surface area contributed by atoms with E-state index in [0.717, 1.165) is 11.3 Å². The molecular formula is C13H15N3O2S. The molecule has 100 valence electrons. The molecule has 0 spiro atoms. The van der Waals surface area contributed by atoms with Gasteiger partial charge in [0.05, 0.1) is 18.6 Å². The number of aromatic nitrogens is 3. The molecule has 2 rings (SSSR count). The third-order valence-corrected chi connectivity index (χ3v) is 3.59. The SMILES string of the molecule is COC(=O)CSc1nncn1-c1ccc(C)cc1C. The minimum Gasteiger partial charge on any atom is -0.468 e. The lowest BCUT2D eigenvalue weighted by atomic mass is 10.1. The Morgan fingerprint density at radius 1 is 1.42 bits per heavy atom. The second-order valence-corrected chi connectivity index (χ2v) is 5.08. The zero-order valence-electron chi connectivity index (χ0n) is 11.1. The van der Waals surface area contributed by atoms with Crippen LogP contribution < -0.4 is 0 Å². The first-order valence-electron chi connectivity index (χ1n) is 5.79. The Bertz CT molecular complexity index is 595. The van der Waals surface area contributed by atoms with Gasteiger partial charge in [0.25, 0.3) is 0 Å². The van der Waals surface area contributed by atoms with E-state index in [9.17, 15) is 4.79 Å². The Hall–Kier alpha value is -1.82. The van der Waals surface area contributed by atoms with Crippen molar-refractivity contribution in [1.82, 2.24) is 14.8 Å². The summed E-state index contributed by atoms with van der Waals surface area (Å²) in [4.78, 5) is 11.2. The van der Waals surface area contributed by atoms with Crippen LogP contribution in [0, 0.1) is 13.8 Å². The fraction of sp³-hybridized carbons (Fsp3) is 0.308. The first-order chi connectivity index (χ1) is 9.11. The number of nitrogens with zero attached hydrogens (tertiary/aromatic N) is 3. The van der Waals surface area contributed by atoms with Crippen molar-refractivity contribution in [3.05, 3.63) is 35.7 Å². The molecule has 0 radical (unpaired) electrons. The van der Waals surface area contributed by atoms with Gasteiger partial charge in [0, 0.05) is 0 Å². The van der Waals surface area contributed by atoms with Gasteiger partial charge in [0.2, 0.25) is 0 Å². The third kappa shape index (κ3) is 3.14.